The first kappa shape index (κ1) is 30.3. The Morgan fingerprint density at radius 1 is 0.692 bits per heavy atom. The third kappa shape index (κ3) is 9.48. The first-order chi connectivity index (χ1) is 18.8. The molecule has 0 spiro atoms. The second-order valence-corrected chi connectivity index (χ2v) is 11.8. The van der Waals surface area contributed by atoms with E-state index in [9.17, 15) is 22.4 Å². The molecular weight excluding hydrogens is 523 g/mol. The maximum absolute atomic E-state index is 12.5. The average molecular weight is 557 g/mol. The molecule has 0 heterocycles. The van der Waals surface area contributed by atoms with Crippen molar-refractivity contribution in [3.05, 3.63) is 91.0 Å². The minimum absolute atomic E-state index is 0.0810. The summed E-state index contributed by atoms with van der Waals surface area (Å²) in [5.74, 6) is -0.619. The minimum Gasteiger partial charge on any atom is -0.353 e. The molecule has 3 nitrogen and oxygen atoms in total. The van der Waals surface area contributed by atoms with Crippen molar-refractivity contribution in [2.75, 3.05) is 0 Å². The molecule has 1 N–H and O–H groups in total. The van der Waals surface area contributed by atoms with Gasteiger partial charge in [-0.15, -0.1) is 0 Å². The van der Waals surface area contributed by atoms with Crippen molar-refractivity contribution in [1.29, 1.82) is 5.26 Å². The molecule has 0 aromatic heterocycles. The lowest BCUT2D eigenvalue weighted by molar-refractivity contribution is -0.119. The van der Waals surface area contributed by atoms with Gasteiger partial charge in [0.2, 0.25) is 5.91 Å². The van der Waals surface area contributed by atoms with Crippen LogP contribution in [0.25, 0.3) is 0 Å². The number of nitrogens with one attached hydrogen (secondary N) is 1. The Hall–Kier alpha value is -3.23. The molecule has 0 bridgehead atoms. The molecule has 3 aromatic rings. The van der Waals surface area contributed by atoms with E-state index in [0.717, 1.165) is 0 Å². The van der Waals surface area contributed by atoms with Crippen LogP contribution >= 0.6 is 7.92 Å². The molecule has 3 aromatic carbocycles. The molecule has 0 radical (unpaired) electrons. The van der Waals surface area contributed by atoms with Crippen LogP contribution in [-0.4, -0.2) is 36.6 Å². The summed E-state index contributed by atoms with van der Waals surface area (Å²) >= 11 is 0. The second-order valence-electron chi connectivity index (χ2n) is 9.57. The van der Waals surface area contributed by atoms with Crippen LogP contribution in [0.2, 0.25) is 0 Å². The normalized spacial score (nSPS) is 25.5. The van der Waals surface area contributed by atoms with Crippen molar-refractivity contribution < 1.29 is 22.4 Å². The number of hydrogen-bond acceptors (Lipinski definition) is 2. The molecule has 8 heteroatoms. The van der Waals surface area contributed by atoms with Crippen LogP contribution in [0.15, 0.2) is 91.0 Å². The monoisotopic (exact) mass is 556 g/mol. The Labute approximate surface area is 229 Å². The summed E-state index contributed by atoms with van der Waals surface area (Å²) in [6, 6.07) is 33.9. The van der Waals surface area contributed by atoms with Gasteiger partial charge in [-0.05, 0) is 36.7 Å². The van der Waals surface area contributed by atoms with Gasteiger partial charge in [0, 0.05) is 25.8 Å². The lowest BCUT2D eigenvalue weighted by Crippen LogP contribution is -2.31. The lowest BCUT2D eigenvalue weighted by atomic mass is 10.1. The fourth-order valence-corrected chi connectivity index (χ4v) is 6.86. The van der Waals surface area contributed by atoms with Crippen molar-refractivity contribution in [2.24, 2.45) is 5.92 Å². The zero-order valence-corrected chi connectivity index (χ0v) is 22.7. The Morgan fingerprint density at radius 3 is 1.31 bits per heavy atom. The first-order valence-corrected chi connectivity index (χ1v) is 14.3. The highest BCUT2D eigenvalue weighted by molar-refractivity contribution is 7.79. The SMILES string of the molecule is CC(=O)NC1C[C@@H](F)[C@@H](F)C1.N#CC1C[C@@H](F)[C@@H](F)C1.c1ccc(P(c2ccccc2)c2ccccc2)cc1. The van der Waals surface area contributed by atoms with Gasteiger partial charge < -0.3 is 5.32 Å². The number of hydrogen-bond donors (Lipinski definition) is 1. The van der Waals surface area contributed by atoms with Gasteiger partial charge in [-0.25, -0.2) is 17.6 Å². The fourth-order valence-electron chi connectivity index (χ4n) is 4.56. The van der Waals surface area contributed by atoms with E-state index in [2.05, 4.69) is 96.3 Å². The largest absolute Gasteiger partial charge is 0.353 e. The summed E-state index contributed by atoms with van der Waals surface area (Å²) in [7, 11) is -0.446. The van der Waals surface area contributed by atoms with Crippen LogP contribution in [0.4, 0.5) is 17.6 Å². The van der Waals surface area contributed by atoms with Crippen molar-refractivity contribution in [3.8, 4) is 6.07 Å². The summed E-state index contributed by atoms with van der Waals surface area (Å²) in [6.45, 7) is 1.35. The highest BCUT2D eigenvalue weighted by Gasteiger charge is 2.35. The van der Waals surface area contributed by atoms with Gasteiger partial charge in [0.1, 0.15) is 24.7 Å². The van der Waals surface area contributed by atoms with Gasteiger partial charge in [0.05, 0.1) is 12.0 Å². The molecule has 2 unspecified atom stereocenters. The zero-order valence-electron chi connectivity index (χ0n) is 21.8. The van der Waals surface area contributed by atoms with Crippen LogP contribution in [0.3, 0.4) is 0 Å². The quantitative estimate of drug-likeness (QED) is 0.317. The van der Waals surface area contributed by atoms with Crippen LogP contribution < -0.4 is 21.2 Å². The molecule has 1 amide bonds. The van der Waals surface area contributed by atoms with Gasteiger partial charge in [-0.1, -0.05) is 91.0 Å². The number of amides is 1. The van der Waals surface area contributed by atoms with Gasteiger partial charge in [0.15, 0.2) is 0 Å². The third-order valence-corrected chi connectivity index (χ3v) is 8.90. The Kier molecular flexibility index (Phi) is 12.0. The number of carbonyl (C=O) groups excluding carboxylic acids is 1. The summed E-state index contributed by atoms with van der Waals surface area (Å²) in [6.07, 6.45) is -5.19. The van der Waals surface area contributed by atoms with E-state index in [0.29, 0.717) is 0 Å². The molecule has 0 aliphatic heterocycles. The van der Waals surface area contributed by atoms with Crippen LogP contribution in [0.5, 0.6) is 0 Å². The first-order valence-electron chi connectivity index (χ1n) is 13.0. The topological polar surface area (TPSA) is 52.9 Å². The van der Waals surface area contributed by atoms with Gasteiger partial charge in [-0.2, -0.15) is 5.26 Å². The van der Waals surface area contributed by atoms with E-state index in [1.807, 2.05) is 6.07 Å². The number of halogens is 4. The van der Waals surface area contributed by atoms with Gasteiger partial charge in [-0.3, -0.25) is 4.79 Å². The van der Waals surface area contributed by atoms with Gasteiger partial charge >= 0.3 is 0 Å². The summed E-state index contributed by atoms with van der Waals surface area (Å²) < 4.78 is 49.4. The molecule has 2 aliphatic carbocycles. The molecule has 206 valence electrons. The number of nitrogens with zero attached hydrogens (tertiary/aromatic N) is 1. The minimum atomic E-state index is -1.40. The highest BCUT2D eigenvalue weighted by Crippen LogP contribution is 2.32. The summed E-state index contributed by atoms with van der Waals surface area (Å²) in [5, 5.41) is 14.9. The average Bonchev–Trinajstić information content (AvgIpc) is 3.44. The molecular formula is C31H33F4N2OP. The molecule has 5 rings (SSSR count). The third-order valence-electron chi connectivity index (χ3n) is 6.46. The van der Waals surface area contributed by atoms with Crippen LogP contribution in [0, 0.1) is 17.2 Å². The predicted octanol–water partition coefficient (Wildman–Crippen LogP) is 6.00. The van der Waals surface area contributed by atoms with E-state index in [1.54, 1.807) is 0 Å². The number of rotatable bonds is 4. The highest BCUT2D eigenvalue weighted by atomic mass is 31.1. The van der Waals surface area contributed by atoms with Crippen molar-refractivity contribution in [2.45, 2.75) is 63.3 Å². The van der Waals surface area contributed by atoms with E-state index >= 15 is 0 Å². The predicted molar refractivity (Wildman–Crippen MR) is 150 cm³/mol. The molecule has 6 atom stereocenters. The summed E-state index contributed by atoms with van der Waals surface area (Å²) in [4.78, 5) is 10.5. The van der Waals surface area contributed by atoms with Crippen molar-refractivity contribution >= 4 is 29.7 Å². The van der Waals surface area contributed by atoms with Crippen LogP contribution in [0.1, 0.15) is 32.6 Å². The smallest absolute Gasteiger partial charge is 0.217 e. The van der Waals surface area contributed by atoms with Crippen LogP contribution in [-0.2, 0) is 4.79 Å². The summed E-state index contributed by atoms with van der Waals surface area (Å²) in [5.41, 5.74) is 0. The Bertz CT molecular complexity index is 1070. The molecule has 0 saturated heterocycles. The fraction of sp³-hybridized carbons (Fsp3) is 0.355. The zero-order chi connectivity index (χ0) is 28.2. The van der Waals surface area contributed by atoms with Gasteiger partial charge in [0.25, 0.3) is 0 Å². The van der Waals surface area contributed by atoms with Crippen molar-refractivity contribution in [1.82, 2.24) is 5.32 Å². The second kappa shape index (κ2) is 15.4. The Balaban J connectivity index is 0.000000179. The molecule has 2 saturated carbocycles. The molecule has 2 fully saturated rings. The van der Waals surface area contributed by atoms with E-state index in [4.69, 9.17) is 5.26 Å². The molecule has 39 heavy (non-hydrogen) atoms. The number of benzene rings is 3. The van der Waals surface area contributed by atoms with Crippen molar-refractivity contribution in [3.63, 3.8) is 0 Å². The number of alkyl halides is 4. The standard InChI is InChI=1S/C18H15P.C7H11F2NO.C6H7F2N/c1-4-10-16(11-5-1)19(17-12-6-2-7-13-17)18-14-8-3-9-15-18;1-4(11)10-5-2-6(8)7(9)3-5;7-5-1-4(3-9)2-6(5)8/h1-15H;5-7H,2-3H2,1H3,(H,10,11);4-6H,1-2H2/t;5?,6-,7+;4?,5-,6+. The van der Waals surface area contributed by atoms with E-state index in [-0.39, 0.29) is 37.6 Å². The van der Waals surface area contributed by atoms with E-state index < -0.39 is 38.5 Å². The maximum atomic E-state index is 12.5. The number of nitriles is 1. The van der Waals surface area contributed by atoms with E-state index in [1.165, 1.54) is 22.8 Å². The number of carbonyl (C=O) groups is 1. The maximum Gasteiger partial charge on any atom is 0.217 e. The lowest BCUT2D eigenvalue weighted by Gasteiger charge is -2.18. The molecule has 2 aliphatic rings. The Morgan fingerprint density at radius 2 is 1.03 bits per heavy atom.